The second kappa shape index (κ2) is 5.72. The van der Waals surface area contributed by atoms with Crippen LogP contribution >= 0.6 is 11.3 Å². The van der Waals surface area contributed by atoms with Gasteiger partial charge in [-0.15, -0.1) is 0 Å². The average Bonchev–Trinajstić information content (AvgIpc) is 3.18. The molecule has 3 rings (SSSR count). The lowest BCUT2D eigenvalue weighted by molar-refractivity contribution is 0.0700. The van der Waals surface area contributed by atoms with Crippen molar-refractivity contribution >= 4 is 22.4 Å². The van der Waals surface area contributed by atoms with Crippen molar-refractivity contribution in [2.45, 2.75) is 63.8 Å². The van der Waals surface area contributed by atoms with Crippen molar-refractivity contribution < 1.29 is 9.90 Å². The molecule has 110 valence electrons. The maximum atomic E-state index is 11.4. The first kappa shape index (κ1) is 13.9. The number of rotatable bonds is 5. The summed E-state index contributed by atoms with van der Waals surface area (Å²) in [4.78, 5) is 19.0. The first-order chi connectivity index (χ1) is 9.70. The van der Waals surface area contributed by atoms with E-state index in [0.717, 1.165) is 30.2 Å². The van der Waals surface area contributed by atoms with Crippen LogP contribution < -0.4 is 4.90 Å². The monoisotopic (exact) mass is 294 g/mol. The number of anilines is 1. The van der Waals surface area contributed by atoms with Gasteiger partial charge in [0.2, 0.25) is 0 Å². The third kappa shape index (κ3) is 2.68. The molecule has 0 amide bonds. The number of carboxylic acids is 1. The van der Waals surface area contributed by atoms with Gasteiger partial charge in [0.1, 0.15) is 4.88 Å². The van der Waals surface area contributed by atoms with Gasteiger partial charge in [-0.05, 0) is 38.5 Å². The molecule has 1 aromatic heterocycles. The van der Waals surface area contributed by atoms with Crippen LogP contribution in [0.25, 0.3) is 0 Å². The molecule has 20 heavy (non-hydrogen) atoms. The molecular formula is C15H22N2O2S. The summed E-state index contributed by atoms with van der Waals surface area (Å²) in [5.74, 6) is -0.403. The second-order valence-corrected chi connectivity index (χ2v) is 6.90. The van der Waals surface area contributed by atoms with Crippen LogP contribution in [0.5, 0.6) is 0 Å². The SMILES string of the molecule is CCCC1CCCCN1c1nc(C2CC2)c(C(=O)O)s1. The maximum Gasteiger partial charge on any atom is 0.347 e. The van der Waals surface area contributed by atoms with E-state index < -0.39 is 5.97 Å². The number of piperidine rings is 1. The molecule has 0 spiro atoms. The quantitative estimate of drug-likeness (QED) is 0.895. The Morgan fingerprint density at radius 1 is 1.40 bits per heavy atom. The summed E-state index contributed by atoms with van der Waals surface area (Å²) in [5.41, 5.74) is 0.846. The van der Waals surface area contributed by atoms with E-state index in [9.17, 15) is 9.90 Å². The molecule has 4 nitrogen and oxygen atoms in total. The minimum Gasteiger partial charge on any atom is -0.477 e. The van der Waals surface area contributed by atoms with Gasteiger partial charge in [-0.2, -0.15) is 0 Å². The molecule has 1 N–H and O–H groups in total. The van der Waals surface area contributed by atoms with Gasteiger partial charge in [-0.3, -0.25) is 0 Å². The number of aromatic carboxylic acids is 1. The molecule has 1 aliphatic carbocycles. The van der Waals surface area contributed by atoms with Crippen LogP contribution in [0.15, 0.2) is 0 Å². The lowest BCUT2D eigenvalue weighted by Gasteiger charge is -2.35. The van der Waals surface area contributed by atoms with Crippen molar-refractivity contribution in [1.82, 2.24) is 4.98 Å². The molecule has 0 radical (unpaired) electrons. The van der Waals surface area contributed by atoms with Crippen LogP contribution in [0.1, 0.15) is 73.2 Å². The van der Waals surface area contributed by atoms with Gasteiger partial charge in [-0.1, -0.05) is 24.7 Å². The fourth-order valence-electron chi connectivity index (χ4n) is 3.12. The summed E-state index contributed by atoms with van der Waals surface area (Å²) in [5, 5.41) is 10.3. The van der Waals surface area contributed by atoms with E-state index in [-0.39, 0.29) is 0 Å². The summed E-state index contributed by atoms with van der Waals surface area (Å²) in [6.45, 7) is 3.24. The number of hydrogen-bond acceptors (Lipinski definition) is 4. The predicted octanol–water partition coefficient (Wildman–Crippen LogP) is 3.88. The number of aromatic nitrogens is 1. The minimum atomic E-state index is -0.806. The Kier molecular flexibility index (Phi) is 3.96. The largest absolute Gasteiger partial charge is 0.477 e. The molecule has 2 fully saturated rings. The first-order valence-electron chi connectivity index (χ1n) is 7.71. The van der Waals surface area contributed by atoms with Crippen molar-refractivity contribution in [3.05, 3.63) is 10.6 Å². The third-order valence-corrected chi connectivity index (χ3v) is 5.39. The van der Waals surface area contributed by atoms with Crippen LogP contribution in [0.4, 0.5) is 5.13 Å². The summed E-state index contributed by atoms with van der Waals surface area (Å²) in [6, 6.07) is 0.550. The predicted molar refractivity (Wildman–Crippen MR) is 80.9 cm³/mol. The average molecular weight is 294 g/mol. The van der Waals surface area contributed by atoms with E-state index >= 15 is 0 Å². The Hall–Kier alpha value is -1.10. The van der Waals surface area contributed by atoms with Crippen LogP contribution in [-0.4, -0.2) is 28.6 Å². The Morgan fingerprint density at radius 2 is 2.20 bits per heavy atom. The second-order valence-electron chi connectivity index (χ2n) is 5.92. The van der Waals surface area contributed by atoms with Gasteiger partial charge in [0.25, 0.3) is 0 Å². The molecule has 1 unspecified atom stereocenters. The molecule has 1 aliphatic heterocycles. The Morgan fingerprint density at radius 3 is 2.85 bits per heavy atom. The van der Waals surface area contributed by atoms with Gasteiger partial charge in [0.05, 0.1) is 5.69 Å². The van der Waals surface area contributed by atoms with Gasteiger partial charge in [-0.25, -0.2) is 9.78 Å². The van der Waals surface area contributed by atoms with Crippen molar-refractivity contribution in [3.63, 3.8) is 0 Å². The van der Waals surface area contributed by atoms with E-state index in [0.29, 0.717) is 16.8 Å². The fraction of sp³-hybridized carbons (Fsp3) is 0.733. The van der Waals surface area contributed by atoms with E-state index in [4.69, 9.17) is 4.98 Å². The van der Waals surface area contributed by atoms with E-state index in [1.165, 1.54) is 43.4 Å². The van der Waals surface area contributed by atoms with Crippen LogP contribution in [0.3, 0.4) is 0 Å². The molecule has 2 heterocycles. The highest BCUT2D eigenvalue weighted by Crippen LogP contribution is 2.44. The zero-order valence-electron chi connectivity index (χ0n) is 12.0. The molecule has 0 bridgehead atoms. The molecular weight excluding hydrogens is 272 g/mol. The molecule has 5 heteroatoms. The highest BCUT2D eigenvalue weighted by Gasteiger charge is 2.34. The number of carboxylic acid groups (broad SMARTS) is 1. The minimum absolute atomic E-state index is 0.403. The molecule has 2 aliphatic rings. The number of hydrogen-bond donors (Lipinski definition) is 1. The number of nitrogens with zero attached hydrogens (tertiary/aromatic N) is 2. The van der Waals surface area contributed by atoms with Gasteiger partial charge in [0, 0.05) is 18.5 Å². The Bertz CT molecular complexity index is 494. The molecule has 0 aromatic carbocycles. The fourth-order valence-corrected chi connectivity index (χ4v) is 4.20. The van der Waals surface area contributed by atoms with Gasteiger partial charge >= 0.3 is 5.97 Å². The van der Waals surface area contributed by atoms with Crippen molar-refractivity contribution in [2.24, 2.45) is 0 Å². The van der Waals surface area contributed by atoms with E-state index in [1.807, 2.05) is 0 Å². The van der Waals surface area contributed by atoms with Crippen LogP contribution in [0, 0.1) is 0 Å². The molecule has 1 aromatic rings. The van der Waals surface area contributed by atoms with Crippen LogP contribution in [-0.2, 0) is 0 Å². The molecule has 1 atom stereocenters. The Labute approximate surface area is 123 Å². The van der Waals surface area contributed by atoms with E-state index in [2.05, 4.69) is 11.8 Å². The normalized spacial score (nSPS) is 23.1. The van der Waals surface area contributed by atoms with Gasteiger partial charge < -0.3 is 10.0 Å². The lowest BCUT2D eigenvalue weighted by Crippen LogP contribution is -2.39. The summed E-state index contributed by atoms with van der Waals surface area (Å²) in [6.07, 6.45) is 8.25. The van der Waals surface area contributed by atoms with Gasteiger partial charge in [0.15, 0.2) is 5.13 Å². The smallest absolute Gasteiger partial charge is 0.347 e. The first-order valence-corrected chi connectivity index (χ1v) is 8.53. The zero-order valence-corrected chi connectivity index (χ0v) is 12.8. The summed E-state index contributed by atoms with van der Waals surface area (Å²) >= 11 is 1.39. The number of carbonyl (C=O) groups is 1. The Balaban J connectivity index is 1.88. The highest BCUT2D eigenvalue weighted by molar-refractivity contribution is 7.17. The third-order valence-electron chi connectivity index (χ3n) is 4.30. The standard InChI is InChI=1S/C15H22N2O2S/c1-2-5-11-6-3-4-9-17(11)15-16-12(10-7-8-10)13(20-15)14(18)19/h10-11H,2-9H2,1H3,(H,18,19). The maximum absolute atomic E-state index is 11.4. The van der Waals surface area contributed by atoms with Crippen molar-refractivity contribution in [2.75, 3.05) is 11.4 Å². The molecule has 1 saturated heterocycles. The molecule has 1 saturated carbocycles. The van der Waals surface area contributed by atoms with Crippen molar-refractivity contribution in [1.29, 1.82) is 0 Å². The lowest BCUT2D eigenvalue weighted by atomic mass is 9.99. The van der Waals surface area contributed by atoms with Crippen LogP contribution in [0.2, 0.25) is 0 Å². The zero-order chi connectivity index (χ0) is 14.1. The highest BCUT2D eigenvalue weighted by atomic mass is 32.1. The van der Waals surface area contributed by atoms with E-state index in [1.54, 1.807) is 0 Å². The summed E-state index contributed by atoms with van der Waals surface area (Å²) < 4.78 is 0. The number of thiazole rings is 1. The topological polar surface area (TPSA) is 53.4 Å². The van der Waals surface area contributed by atoms with Crippen molar-refractivity contribution in [3.8, 4) is 0 Å². The summed E-state index contributed by atoms with van der Waals surface area (Å²) in [7, 11) is 0.